The summed E-state index contributed by atoms with van der Waals surface area (Å²) in [7, 11) is 0. The molecule has 0 amide bonds. The molecule has 4 nitrogen and oxygen atoms in total. The predicted octanol–water partition coefficient (Wildman–Crippen LogP) is 3.96. The Kier molecular flexibility index (Phi) is 3.97. The molecular weight excluding hydrogens is 284 g/mol. The summed E-state index contributed by atoms with van der Waals surface area (Å²) in [6.07, 6.45) is 5.72. The van der Waals surface area contributed by atoms with E-state index in [0.717, 1.165) is 24.5 Å². The van der Waals surface area contributed by atoms with Gasteiger partial charge in [-0.25, -0.2) is 4.68 Å². The van der Waals surface area contributed by atoms with E-state index < -0.39 is 0 Å². The number of para-hydroxylation sites is 1. The van der Waals surface area contributed by atoms with Gasteiger partial charge < -0.3 is 9.88 Å². The van der Waals surface area contributed by atoms with Crippen LogP contribution in [0.25, 0.3) is 5.69 Å². The quantitative estimate of drug-likeness (QED) is 0.774. The van der Waals surface area contributed by atoms with E-state index in [1.165, 1.54) is 5.69 Å². The van der Waals surface area contributed by atoms with Gasteiger partial charge in [-0.1, -0.05) is 17.7 Å². The molecule has 21 heavy (non-hydrogen) atoms. The molecule has 2 heterocycles. The lowest BCUT2D eigenvalue weighted by molar-refractivity contribution is 0.723. The topological polar surface area (TPSA) is 34.8 Å². The predicted molar refractivity (Wildman–Crippen MR) is 86.0 cm³/mol. The van der Waals surface area contributed by atoms with Gasteiger partial charge in [-0.3, -0.25) is 0 Å². The second kappa shape index (κ2) is 6.06. The van der Waals surface area contributed by atoms with Gasteiger partial charge in [-0.15, -0.1) is 0 Å². The third-order valence-electron chi connectivity index (χ3n) is 3.44. The van der Waals surface area contributed by atoms with Crippen LogP contribution in [-0.4, -0.2) is 14.3 Å². The molecule has 0 aliphatic heterocycles. The Balaban J connectivity index is 1.88. The second-order valence-corrected chi connectivity index (χ2v) is 5.13. The largest absolute Gasteiger partial charge is 0.378 e. The summed E-state index contributed by atoms with van der Waals surface area (Å²) in [6, 6.07) is 11.9. The Bertz CT molecular complexity index is 716. The molecule has 1 aromatic carbocycles. The highest BCUT2D eigenvalue weighted by Gasteiger charge is 2.10. The van der Waals surface area contributed by atoms with E-state index in [2.05, 4.69) is 40.2 Å². The zero-order valence-electron chi connectivity index (χ0n) is 11.8. The SMILES string of the molecule is CCn1cccc1CNc1cccc(Cl)c1-n1cccn1. The number of benzene rings is 1. The fourth-order valence-corrected chi connectivity index (χ4v) is 2.66. The fourth-order valence-electron chi connectivity index (χ4n) is 2.40. The lowest BCUT2D eigenvalue weighted by atomic mass is 10.2. The monoisotopic (exact) mass is 300 g/mol. The fraction of sp³-hybridized carbons (Fsp3) is 0.188. The number of rotatable bonds is 5. The summed E-state index contributed by atoms with van der Waals surface area (Å²) in [6.45, 7) is 3.85. The van der Waals surface area contributed by atoms with Crippen LogP contribution in [0.4, 0.5) is 5.69 Å². The summed E-state index contributed by atoms with van der Waals surface area (Å²) in [5.41, 5.74) is 3.08. The molecule has 3 rings (SSSR count). The van der Waals surface area contributed by atoms with Crippen molar-refractivity contribution in [2.45, 2.75) is 20.0 Å². The number of anilines is 1. The van der Waals surface area contributed by atoms with Crippen molar-refractivity contribution in [1.82, 2.24) is 14.3 Å². The van der Waals surface area contributed by atoms with Crippen LogP contribution in [0.5, 0.6) is 0 Å². The van der Waals surface area contributed by atoms with E-state index in [4.69, 9.17) is 11.6 Å². The highest BCUT2D eigenvalue weighted by atomic mass is 35.5. The van der Waals surface area contributed by atoms with Crippen LogP contribution in [0.15, 0.2) is 55.0 Å². The Labute approximate surface area is 129 Å². The van der Waals surface area contributed by atoms with Crippen molar-refractivity contribution >= 4 is 17.3 Å². The first-order valence-electron chi connectivity index (χ1n) is 6.96. The Morgan fingerprint density at radius 2 is 2.05 bits per heavy atom. The molecule has 0 bridgehead atoms. The van der Waals surface area contributed by atoms with Crippen molar-refractivity contribution < 1.29 is 0 Å². The first-order valence-corrected chi connectivity index (χ1v) is 7.34. The first-order chi connectivity index (χ1) is 10.3. The van der Waals surface area contributed by atoms with Gasteiger partial charge in [-0.05, 0) is 37.3 Å². The van der Waals surface area contributed by atoms with Crippen molar-refractivity contribution in [3.8, 4) is 5.69 Å². The highest BCUT2D eigenvalue weighted by Crippen LogP contribution is 2.28. The van der Waals surface area contributed by atoms with Crippen molar-refractivity contribution in [2.75, 3.05) is 5.32 Å². The van der Waals surface area contributed by atoms with E-state index >= 15 is 0 Å². The standard InChI is InChI=1S/C16H17ClN4/c1-2-20-10-4-6-13(20)12-18-15-8-3-7-14(17)16(15)21-11-5-9-19-21/h3-11,18H,2,12H2,1H3. The van der Waals surface area contributed by atoms with Gasteiger partial charge >= 0.3 is 0 Å². The highest BCUT2D eigenvalue weighted by molar-refractivity contribution is 6.33. The van der Waals surface area contributed by atoms with Crippen molar-refractivity contribution in [1.29, 1.82) is 0 Å². The van der Waals surface area contributed by atoms with Gasteiger partial charge in [0.2, 0.25) is 0 Å². The van der Waals surface area contributed by atoms with Gasteiger partial charge in [-0.2, -0.15) is 5.10 Å². The molecule has 0 unspecified atom stereocenters. The molecule has 0 radical (unpaired) electrons. The molecule has 0 fully saturated rings. The van der Waals surface area contributed by atoms with E-state index in [9.17, 15) is 0 Å². The average molecular weight is 301 g/mol. The maximum absolute atomic E-state index is 6.33. The van der Waals surface area contributed by atoms with Crippen LogP contribution in [0, 0.1) is 0 Å². The molecule has 2 aromatic heterocycles. The maximum Gasteiger partial charge on any atom is 0.106 e. The van der Waals surface area contributed by atoms with E-state index in [1.54, 1.807) is 10.9 Å². The molecule has 0 saturated heterocycles. The van der Waals surface area contributed by atoms with Gasteiger partial charge in [0, 0.05) is 30.8 Å². The van der Waals surface area contributed by atoms with Crippen LogP contribution in [0.2, 0.25) is 5.02 Å². The molecule has 108 valence electrons. The molecule has 1 N–H and O–H groups in total. The van der Waals surface area contributed by atoms with E-state index in [0.29, 0.717) is 5.02 Å². The van der Waals surface area contributed by atoms with Gasteiger partial charge in [0.25, 0.3) is 0 Å². The second-order valence-electron chi connectivity index (χ2n) is 4.73. The summed E-state index contributed by atoms with van der Waals surface area (Å²) in [5, 5.41) is 8.40. The van der Waals surface area contributed by atoms with Gasteiger partial charge in [0.05, 0.1) is 17.3 Å². The molecule has 3 aromatic rings. The lowest BCUT2D eigenvalue weighted by Gasteiger charge is -2.14. The summed E-state index contributed by atoms with van der Waals surface area (Å²) in [5.74, 6) is 0. The third kappa shape index (κ3) is 2.81. The smallest absolute Gasteiger partial charge is 0.106 e. The molecule has 0 atom stereocenters. The van der Waals surface area contributed by atoms with Gasteiger partial charge in [0.15, 0.2) is 0 Å². The number of aryl methyl sites for hydroxylation is 1. The lowest BCUT2D eigenvalue weighted by Crippen LogP contribution is -2.08. The number of nitrogens with zero attached hydrogens (tertiary/aromatic N) is 3. The molecule has 0 saturated carbocycles. The molecule has 0 spiro atoms. The minimum atomic E-state index is 0.676. The molecule has 0 aliphatic carbocycles. The van der Waals surface area contributed by atoms with Crippen molar-refractivity contribution in [3.63, 3.8) is 0 Å². The van der Waals surface area contributed by atoms with Crippen LogP contribution in [0.1, 0.15) is 12.6 Å². The maximum atomic E-state index is 6.33. The van der Waals surface area contributed by atoms with Crippen LogP contribution < -0.4 is 5.32 Å². The van der Waals surface area contributed by atoms with Crippen molar-refractivity contribution in [2.24, 2.45) is 0 Å². The van der Waals surface area contributed by atoms with Crippen LogP contribution in [-0.2, 0) is 13.1 Å². The number of halogens is 1. The van der Waals surface area contributed by atoms with E-state index in [1.807, 2.05) is 30.5 Å². The zero-order chi connectivity index (χ0) is 14.7. The Morgan fingerprint density at radius 3 is 2.81 bits per heavy atom. The molecule has 0 aliphatic rings. The normalized spacial score (nSPS) is 10.8. The minimum Gasteiger partial charge on any atom is -0.378 e. The number of nitrogens with one attached hydrogen (secondary N) is 1. The first kappa shape index (κ1) is 13.8. The molecular formula is C16H17ClN4. The number of aromatic nitrogens is 3. The van der Waals surface area contributed by atoms with Gasteiger partial charge in [0.1, 0.15) is 5.69 Å². The zero-order valence-corrected chi connectivity index (χ0v) is 12.6. The van der Waals surface area contributed by atoms with E-state index in [-0.39, 0.29) is 0 Å². The van der Waals surface area contributed by atoms with Crippen molar-refractivity contribution in [3.05, 3.63) is 65.7 Å². The summed E-state index contributed by atoms with van der Waals surface area (Å²) in [4.78, 5) is 0. The molecule has 5 heteroatoms. The average Bonchev–Trinajstić information content (AvgIpc) is 3.16. The summed E-state index contributed by atoms with van der Waals surface area (Å²) < 4.78 is 3.99. The third-order valence-corrected chi connectivity index (χ3v) is 3.75. The Hall–Kier alpha value is -2.20. The summed E-state index contributed by atoms with van der Waals surface area (Å²) >= 11 is 6.33. The Morgan fingerprint density at radius 1 is 1.14 bits per heavy atom. The van der Waals surface area contributed by atoms with Crippen LogP contribution >= 0.6 is 11.6 Å². The number of hydrogen-bond acceptors (Lipinski definition) is 2. The number of hydrogen-bond donors (Lipinski definition) is 1. The van der Waals surface area contributed by atoms with Crippen LogP contribution in [0.3, 0.4) is 0 Å². The minimum absolute atomic E-state index is 0.676.